The molecule has 0 aliphatic carbocycles. The van der Waals surface area contributed by atoms with E-state index >= 15 is 0 Å². The number of nitrogens with zero attached hydrogens (tertiary/aromatic N) is 3. The minimum Gasteiger partial charge on any atom is -0.336 e. The van der Waals surface area contributed by atoms with Crippen LogP contribution in [0, 0.1) is 0 Å². The zero-order chi connectivity index (χ0) is 21.0. The summed E-state index contributed by atoms with van der Waals surface area (Å²) in [5, 5.41) is 3.27. The number of pyridine rings is 1. The van der Waals surface area contributed by atoms with E-state index in [-0.39, 0.29) is 17.6 Å². The molecule has 1 saturated heterocycles. The summed E-state index contributed by atoms with van der Waals surface area (Å²) in [5.74, 6) is 0. The number of hydrogen-bond acceptors (Lipinski definition) is 3. The van der Waals surface area contributed by atoms with Crippen LogP contribution >= 0.6 is 0 Å². The van der Waals surface area contributed by atoms with Gasteiger partial charge in [0.2, 0.25) is 0 Å². The minimum absolute atomic E-state index is 0.0594. The normalized spacial score (nSPS) is 20.3. The SMILES string of the molecule is CC(C)(CNC(=O)N1CCCCCC1c1ccncc1)N1CCc2ccccc2C1. The van der Waals surface area contributed by atoms with Crippen molar-refractivity contribution >= 4 is 6.03 Å². The van der Waals surface area contributed by atoms with E-state index in [4.69, 9.17) is 0 Å². The van der Waals surface area contributed by atoms with Crippen LogP contribution < -0.4 is 5.32 Å². The fourth-order valence-corrected chi connectivity index (χ4v) is 4.80. The first-order valence-electron chi connectivity index (χ1n) is 11.3. The van der Waals surface area contributed by atoms with Gasteiger partial charge in [0.1, 0.15) is 0 Å². The van der Waals surface area contributed by atoms with Gasteiger partial charge in [-0.2, -0.15) is 0 Å². The molecular formula is C25H34N4O. The molecule has 160 valence electrons. The van der Waals surface area contributed by atoms with E-state index in [0.717, 1.165) is 45.3 Å². The van der Waals surface area contributed by atoms with Crippen molar-refractivity contribution < 1.29 is 4.79 Å². The fourth-order valence-electron chi connectivity index (χ4n) is 4.80. The summed E-state index contributed by atoms with van der Waals surface area (Å²) in [6.45, 7) is 7.92. The Morgan fingerprint density at radius 2 is 1.83 bits per heavy atom. The first-order chi connectivity index (χ1) is 14.5. The molecule has 30 heavy (non-hydrogen) atoms. The molecular weight excluding hydrogens is 372 g/mol. The monoisotopic (exact) mass is 406 g/mol. The molecule has 0 spiro atoms. The highest BCUT2D eigenvalue weighted by atomic mass is 16.2. The van der Waals surface area contributed by atoms with Crippen LogP contribution in [0.4, 0.5) is 4.79 Å². The topological polar surface area (TPSA) is 48.5 Å². The van der Waals surface area contributed by atoms with Crippen molar-refractivity contribution in [1.82, 2.24) is 20.1 Å². The van der Waals surface area contributed by atoms with Gasteiger partial charge in [-0.3, -0.25) is 9.88 Å². The average Bonchev–Trinajstić information content (AvgIpc) is 3.04. The number of urea groups is 1. The second-order valence-electron chi connectivity index (χ2n) is 9.25. The third-order valence-electron chi connectivity index (χ3n) is 6.76. The van der Waals surface area contributed by atoms with E-state index in [2.05, 4.69) is 53.3 Å². The largest absolute Gasteiger partial charge is 0.336 e. The molecule has 5 nitrogen and oxygen atoms in total. The van der Waals surface area contributed by atoms with Gasteiger partial charge in [0.25, 0.3) is 0 Å². The number of rotatable bonds is 4. The van der Waals surface area contributed by atoms with Crippen LogP contribution in [0.15, 0.2) is 48.8 Å². The zero-order valence-electron chi connectivity index (χ0n) is 18.3. The number of carbonyl (C=O) groups is 1. The Balaban J connectivity index is 1.41. The predicted molar refractivity (Wildman–Crippen MR) is 120 cm³/mol. The molecule has 0 radical (unpaired) electrons. The number of amides is 2. The fraction of sp³-hybridized carbons (Fsp3) is 0.520. The van der Waals surface area contributed by atoms with Crippen LogP contribution in [0.5, 0.6) is 0 Å². The van der Waals surface area contributed by atoms with Crippen molar-refractivity contribution in [2.45, 2.75) is 64.1 Å². The maximum Gasteiger partial charge on any atom is 0.317 e. The minimum atomic E-state index is -0.0960. The standard InChI is InChI=1S/C25H34N4O/c1-25(2,28-17-13-20-8-5-6-9-22(20)18-28)19-27-24(30)29-16-7-3-4-10-23(29)21-11-14-26-15-12-21/h5-6,8-9,11-12,14-15,23H,3-4,7,10,13,16-19H2,1-2H3,(H,27,30). The van der Waals surface area contributed by atoms with Gasteiger partial charge in [-0.1, -0.05) is 37.1 Å². The van der Waals surface area contributed by atoms with Gasteiger partial charge in [-0.25, -0.2) is 4.79 Å². The number of nitrogens with one attached hydrogen (secondary N) is 1. The summed E-state index contributed by atoms with van der Waals surface area (Å²) < 4.78 is 0. The molecule has 4 rings (SSSR count). The summed E-state index contributed by atoms with van der Waals surface area (Å²) in [6, 6.07) is 13.0. The van der Waals surface area contributed by atoms with E-state index in [1.807, 2.05) is 29.4 Å². The molecule has 2 aliphatic heterocycles. The van der Waals surface area contributed by atoms with Gasteiger partial charge in [-0.15, -0.1) is 0 Å². The van der Waals surface area contributed by atoms with Gasteiger partial charge >= 0.3 is 6.03 Å². The quantitative estimate of drug-likeness (QED) is 0.811. The van der Waals surface area contributed by atoms with Crippen LogP contribution in [-0.2, 0) is 13.0 Å². The van der Waals surface area contributed by atoms with E-state index in [1.54, 1.807) is 0 Å². The van der Waals surface area contributed by atoms with Gasteiger partial charge in [0.05, 0.1) is 6.04 Å². The summed E-state index contributed by atoms with van der Waals surface area (Å²) in [7, 11) is 0. The Bertz CT molecular complexity index is 851. The van der Waals surface area contributed by atoms with Gasteiger partial charge in [-0.05, 0) is 61.9 Å². The second kappa shape index (κ2) is 9.17. The molecule has 1 unspecified atom stereocenters. The number of aromatic nitrogens is 1. The van der Waals surface area contributed by atoms with Gasteiger partial charge in [0, 0.05) is 44.1 Å². The van der Waals surface area contributed by atoms with Gasteiger partial charge < -0.3 is 10.2 Å². The van der Waals surface area contributed by atoms with E-state index in [0.29, 0.717) is 6.54 Å². The van der Waals surface area contributed by atoms with Crippen molar-refractivity contribution in [2.24, 2.45) is 0 Å². The van der Waals surface area contributed by atoms with Crippen LogP contribution in [0.2, 0.25) is 0 Å². The number of hydrogen-bond donors (Lipinski definition) is 1. The number of carbonyl (C=O) groups excluding carboxylic acids is 1. The molecule has 1 N–H and O–H groups in total. The van der Waals surface area contributed by atoms with Crippen LogP contribution in [0.1, 0.15) is 62.3 Å². The lowest BCUT2D eigenvalue weighted by Gasteiger charge is -2.42. The molecule has 1 aromatic carbocycles. The van der Waals surface area contributed by atoms with Crippen molar-refractivity contribution in [1.29, 1.82) is 0 Å². The Kier molecular flexibility index (Phi) is 6.38. The van der Waals surface area contributed by atoms with Crippen LogP contribution in [0.3, 0.4) is 0 Å². The van der Waals surface area contributed by atoms with E-state index < -0.39 is 0 Å². The number of fused-ring (bicyclic) bond motifs is 1. The second-order valence-corrected chi connectivity index (χ2v) is 9.25. The molecule has 2 aromatic rings. The molecule has 5 heteroatoms. The number of benzene rings is 1. The molecule has 0 bridgehead atoms. The maximum atomic E-state index is 13.2. The van der Waals surface area contributed by atoms with Crippen LogP contribution in [-0.4, -0.2) is 46.0 Å². The maximum absolute atomic E-state index is 13.2. The third-order valence-corrected chi connectivity index (χ3v) is 6.76. The summed E-state index contributed by atoms with van der Waals surface area (Å²) in [6.07, 6.45) is 9.16. The van der Waals surface area contributed by atoms with Crippen molar-refractivity contribution in [3.63, 3.8) is 0 Å². The van der Waals surface area contributed by atoms with E-state index in [1.165, 1.54) is 23.1 Å². The lowest BCUT2D eigenvalue weighted by Crippen LogP contribution is -2.55. The Morgan fingerprint density at radius 1 is 1.07 bits per heavy atom. The zero-order valence-corrected chi connectivity index (χ0v) is 18.3. The van der Waals surface area contributed by atoms with Gasteiger partial charge in [0.15, 0.2) is 0 Å². The predicted octanol–water partition coefficient (Wildman–Crippen LogP) is 4.55. The van der Waals surface area contributed by atoms with Crippen molar-refractivity contribution in [3.8, 4) is 0 Å². The van der Waals surface area contributed by atoms with Crippen LogP contribution in [0.25, 0.3) is 0 Å². The Labute approximate surface area is 180 Å². The first-order valence-corrected chi connectivity index (χ1v) is 11.3. The van der Waals surface area contributed by atoms with Crippen molar-refractivity contribution in [3.05, 3.63) is 65.5 Å². The Morgan fingerprint density at radius 3 is 2.63 bits per heavy atom. The number of likely N-dealkylation sites (tertiary alicyclic amines) is 1. The van der Waals surface area contributed by atoms with E-state index in [9.17, 15) is 4.79 Å². The first kappa shape index (κ1) is 20.9. The highest BCUT2D eigenvalue weighted by Crippen LogP contribution is 2.30. The highest BCUT2D eigenvalue weighted by molar-refractivity contribution is 5.75. The lowest BCUT2D eigenvalue weighted by atomic mass is 9.94. The summed E-state index contributed by atoms with van der Waals surface area (Å²) >= 11 is 0. The molecule has 0 saturated carbocycles. The summed E-state index contributed by atoms with van der Waals surface area (Å²) in [5.41, 5.74) is 3.96. The third kappa shape index (κ3) is 4.67. The molecule has 2 amide bonds. The lowest BCUT2D eigenvalue weighted by molar-refractivity contribution is 0.100. The molecule has 1 atom stereocenters. The smallest absolute Gasteiger partial charge is 0.317 e. The molecule has 1 aromatic heterocycles. The highest BCUT2D eigenvalue weighted by Gasteiger charge is 2.32. The average molecular weight is 407 g/mol. The molecule has 2 aliphatic rings. The summed E-state index contributed by atoms with van der Waals surface area (Å²) in [4.78, 5) is 21.9. The molecule has 1 fully saturated rings. The van der Waals surface area contributed by atoms with Crippen molar-refractivity contribution in [2.75, 3.05) is 19.6 Å². The Hall–Kier alpha value is -2.40. The molecule has 3 heterocycles.